The minimum Gasteiger partial charge on any atom is -0.381 e. The predicted molar refractivity (Wildman–Crippen MR) is 103 cm³/mol. The SMILES string of the molecule is Fc1ccc(CN2C[C@@H]3C(COCCCN4CCCCC4)[C@@H]3C2)cc1C(F)(F)F. The number of hydrogen-bond acceptors (Lipinski definition) is 3. The lowest BCUT2D eigenvalue weighted by atomic mass is 10.1. The molecule has 0 amide bonds. The summed E-state index contributed by atoms with van der Waals surface area (Å²) < 4.78 is 57.9. The third-order valence-corrected chi connectivity index (χ3v) is 6.71. The van der Waals surface area contributed by atoms with Crippen molar-refractivity contribution in [3.05, 3.63) is 35.1 Å². The third-order valence-electron chi connectivity index (χ3n) is 6.71. The number of ether oxygens (including phenoxy) is 1. The Morgan fingerprint density at radius 2 is 1.72 bits per heavy atom. The third kappa shape index (κ3) is 5.30. The van der Waals surface area contributed by atoms with E-state index in [0.717, 1.165) is 51.4 Å². The van der Waals surface area contributed by atoms with Crippen molar-refractivity contribution in [2.45, 2.75) is 38.4 Å². The summed E-state index contributed by atoms with van der Waals surface area (Å²) in [5.41, 5.74) is -0.652. The van der Waals surface area contributed by atoms with E-state index in [2.05, 4.69) is 9.80 Å². The van der Waals surface area contributed by atoms with E-state index in [-0.39, 0.29) is 0 Å². The second-order valence-electron chi connectivity index (χ2n) is 8.83. The van der Waals surface area contributed by atoms with Crippen molar-refractivity contribution in [1.29, 1.82) is 0 Å². The highest BCUT2D eigenvalue weighted by Crippen LogP contribution is 2.52. The van der Waals surface area contributed by atoms with Crippen LogP contribution in [0, 0.1) is 23.6 Å². The van der Waals surface area contributed by atoms with Gasteiger partial charge in [-0.3, -0.25) is 4.90 Å². The zero-order chi connectivity index (χ0) is 20.4. The number of piperidine rings is 2. The Kier molecular flexibility index (Phi) is 6.47. The van der Waals surface area contributed by atoms with Crippen molar-refractivity contribution in [2.75, 3.05) is 45.9 Å². The maximum absolute atomic E-state index is 13.4. The summed E-state index contributed by atoms with van der Waals surface area (Å²) in [7, 11) is 0. The fourth-order valence-electron chi connectivity index (χ4n) is 5.05. The van der Waals surface area contributed by atoms with E-state index in [1.54, 1.807) is 0 Å². The molecule has 2 saturated heterocycles. The Hall–Kier alpha value is -1.18. The van der Waals surface area contributed by atoms with E-state index in [0.29, 0.717) is 29.9 Å². The first-order chi connectivity index (χ1) is 13.9. The lowest BCUT2D eigenvalue weighted by Gasteiger charge is -2.26. The summed E-state index contributed by atoms with van der Waals surface area (Å²) in [5, 5.41) is 0. The van der Waals surface area contributed by atoms with Crippen molar-refractivity contribution in [1.82, 2.24) is 9.80 Å². The molecule has 0 radical (unpaired) electrons. The van der Waals surface area contributed by atoms with Gasteiger partial charge in [0.05, 0.1) is 12.2 Å². The van der Waals surface area contributed by atoms with Gasteiger partial charge in [-0.05, 0) is 67.8 Å². The monoisotopic (exact) mass is 414 g/mol. The van der Waals surface area contributed by atoms with Gasteiger partial charge in [0.25, 0.3) is 0 Å². The van der Waals surface area contributed by atoms with Crippen LogP contribution in [-0.2, 0) is 17.5 Å². The zero-order valence-corrected chi connectivity index (χ0v) is 16.8. The zero-order valence-electron chi connectivity index (χ0n) is 16.8. The first kappa shape index (κ1) is 21.1. The van der Waals surface area contributed by atoms with Crippen LogP contribution in [0.3, 0.4) is 0 Å². The van der Waals surface area contributed by atoms with Crippen LogP contribution in [0.15, 0.2) is 18.2 Å². The molecule has 2 heterocycles. The van der Waals surface area contributed by atoms with Gasteiger partial charge in [-0.2, -0.15) is 13.2 Å². The van der Waals surface area contributed by atoms with Crippen LogP contribution >= 0.6 is 0 Å². The van der Waals surface area contributed by atoms with Gasteiger partial charge in [0.2, 0.25) is 0 Å². The Morgan fingerprint density at radius 1 is 1.00 bits per heavy atom. The summed E-state index contributed by atoms with van der Waals surface area (Å²) >= 11 is 0. The van der Waals surface area contributed by atoms with Crippen LogP contribution in [0.25, 0.3) is 0 Å². The number of nitrogens with zero attached hydrogens (tertiary/aromatic N) is 2. The van der Waals surface area contributed by atoms with Crippen molar-refractivity contribution >= 4 is 0 Å². The second-order valence-corrected chi connectivity index (χ2v) is 8.83. The van der Waals surface area contributed by atoms with Crippen LogP contribution in [0.5, 0.6) is 0 Å². The predicted octanol–water partition coefficient (Wildman–Crippen LogP) is 4.41. The number of alkyl halides is 3. The molecule has 1 saturated carbocycles. The molecular formula is C22H30F4N2O. The summed E-state index contributed by atoms with van der Waals surface area (Å²) in [6.45, 7) is 7.42. The van der Waals surface area contributed by atoms with E-state index in [9.17, 15) is 17.6 Å². The fourth-order valence-corrected chi connectivity index (χ4v) is 5.05. The number of halogens is 4. The molecule has 1 aromatic rings. The molecule has 29 heavy (non-hydrogen) atoms. The molecule has 0 bridgehead atoms. The van der Waals surface area contributed by atoms with Gasteiger partial charge in [0.15, 0.2) is 0 Å². The first-order valence-electron chi connectivity index (χ1n) is 10.8. The number of rotatable bonds is 8. The minimum absolute atomic E-state index is 0.444. The van der Waals surface area contributed by atoms with E-state index in [1.165, 1.54) is 38.4 Å². The number of benzene rings is 1. The number of likely N-dealkylation sites (tertiary alicyclic amines) is 2. The standard InChI is InChI=1S/C22H30F4N2O/c23-21-6-5-16(11-20(21)22(24,25)26)12-28-13-17-18(14-28)19(17)15-29-10-4-9-27-7-2-1-3-8-27/h5-6,11,17-19H,1-4,7-10,12-15H2/t17-,18+,19?. The molecule has 1 aliphatic carbocycles. The number of hydrogen-bond donors (Lipinski definition) is 0. The van der Waals surface area contributed by atoms with Gasteiger partial charge in [0, 0.05) is 32.8 Å². The van der Waals surface area contributed by atoms with Gasteiger partial charge in [-0.25, -0.2) is 4.39 Å². The van der Waals surface area contributed by atoms with Crippen LogP contribution in [0.2, 0.25) is 0 Å². The molecule has 7 heteroatoms. The van der Waals surface area contributed by atoms with Gasteiger partial charge in [-0.1, -0.05) is 12.5 Å². The first-order valence-corrected chi connectivity index (χ1v) is 10.8. The highest BCUT2D eigenvalue weighted by molar-refractivity contribution is 5.27. The summed E-state index contributed by atoms with van der Waals surface area (Å²) in [6, 6.07) is 3.33. The summed E-state index contributed by atoms with van der Waals surface area (Å²) in [5.74, 6) is 0.586. The Morgan fingerprint density at radius 3 is 2.41 bits per heavy atom. The van der Waals surface area contributed by atoms with E-state index >= 15 is 0 Å². The molecular weight excluding hydrogens is 384 g/mol. The minimum atomic E-state index is -4.65. The van der Waals surface area contributed by atoms with Crippen molar-refractivity contribution < 1.29 is 22.3 Å². The van der Waals surface area contributed by atoms with Gasteiger partial charge < -0.3 is 9.64 Å². The highest BCUT2D eigenvalue weighted by atomic mass is 19.4. The summed E-state index contributed by atoms with van der Waals surface area (Å²) in [4.78, 5) is 4.70. The Balaban J connectivity index is 1.14. The average molecular weight is 414 g/mol. The normalized spacial score (nSPS) is 27.9. The molecule has 3 aliphatic rings. The van der Waals surface area contributed by atoms with Crippen molar-refractivity contribution in [2.24, 2.45) is 17.8 Å². The highest BCUT2D eigenvalue weighted by Gasteiger charge is 2.55. The Labute approximate surface area is 170 Å². The molecule has 162 valence electrons. The van der Waals surface area contributed by atoms with Gasteiger partial charge >= 0.3 is 6.18 Å². The molecule has 0 aromatic heterocycles. The van der Waals surface area contributed by atoms with Crippen molar-refractivity contribution in [3.8, 4) is 0 Å². The van der Waals surface area contributed by atoms with Crippen molar-refractivity contribution in [3.63, 3.8) is 0 Å². The van der Waals surface area contributed by atoms with E-state index in [1.807, 2.05) is 0 Å². The second kappa shape index (κ2) is 8.90. The molecule has 3 fully saturated rings. The summed E-state index contributed by atoms with van der Waals surface area (Å²) in [6.07, 6.45) is 0.430. The van der Waals surface area contributed by atoms with Gasteiger partial charge in [-0.15, -0.1) is 0 Å². The van der Waals surface area contributed by atoms with Crippen LogP contribution in [-0.4, -0.2) is 55.7 Å². The lowest BCUT2D eigenvalue weighted by molar-refractivity contribution is -0.140. The fraction of sp³-hybridized carbons (Fsp3) is 0.727. The molecule has 2 aliphatic heterocycles. The quantitative estimate of drug-likeness (QED) is 0.463. The largest absolute Gasteiger partial charge is 0.419 e. The average Bonchev–Trinajstić information content (AvgIpc) is 3.14. The molecule has 1 unspecified atom stereocenters. The van der Waals surface area contributed by atoms with Crippen LogP contribution < -0.4 is 0 Å². The lowest BCUT2D eigenvalue weighted by Crippen LogP contribution is -2.31. The number of fused-ring (bicyclic) bond motifs is 1. The van der Waals surface area contributed by atoms with Crippen LogP contribution in [0.4, 0.5) is 17.6 Å². The molecule has 0 spiro atoms. The molecule has 3 nitrogen and oxygen atoms in total. The van der Waals surface area contributed by atoms with Crippen LogP contribution in [0.1, 0.15) is 36.8 Å². The maximum Gasteiger partial charge on any atom is 0.419 e. The smallest absolute Gasteiger partial charge is 0.381 e. The van der Waals surface area contributed by atoms with E-state index in [4.69, 9.17) is 4.74 Å². The molecule has 3 atom stereocenters. The Bertz CT molecular complexity index is 678. The molecule has 1 aromatic carbocycles. The maximum atomic E-state index is 13.4. The topological polar surface area (TPSA) is 15.7 Å². The van der Waals surface area contributed by atoms with E-state index < -0.39 is 17.6 Å². The molecule has 4 rings (SSSR count). The molecule has 0 N–H and O–H groups in total. The van der Waals surface area contributed by atoms with Gasteiger partial charge in [0.1, 0.15) is 5.82 Å².